The van der Waals surface area contributed by atoms with Crippen LogP contribution in [0.15, 0.2) is 46.9 Å². The molecule has 1 nitrogen and oxygen atoms in total. The smallest absolute Gasteiger partial charge is 0.0589 e. The molecule has 2 rings (SSSR count). The Balaban J connectivity index is 2.31. The van der Waals surface area contributed by atoms with Crippen LogP contribution in [0.1, 0.15) is 36.1 Å². The van der Waals surface area contributed by atoms with Gasteiger partial charge < -0.3 is 5.32 Å². The molecule has 1 N–H and O–H groups in total. The Kier molecular flexibility index (Phi) is 5.64. The number of hydrogen-bond acceptors (Lipinski definition) is 1. The monoisotopic (exact) mass is 351 g/mol. The summed E-state index contributed by atoms with van der Waals surface area (Å²) in [6, 6.07) is 14.9. The van der Waals surface area contributed by atoms with Gasteiger partial charge in [0.1, 0.15) is 0 Å². The Morgan fingerprint density at radius 1 is 1.15 bits per heavy atom. The molecule has 106 valence electrons. The van der Waals surface area contributed by atoms with Crippen LogP contribution in [-0.2, 0) is 6.42 Å². The van der Waals surface area contributed by atoms with E-state index in [9.17, 15) is 0 Å². The number of aryl methyl sites for hydroxylation is 1. The fourth-order valence-corrected chi connectivity index (χ4v) is 3.19. The van der Waals surface area contributed by atoms with Crippen LogP contribution >= 0.6 is 27.5 Å². The highest BCUT2D eigenvalue weighted by Crippen LogP contribution is 2.30. The minimum atomic E-state index is 0.117. The number of hydrogen-bond donors (Lipinski definition) is 1. The highest BCUT2D eigenvalue weighted by atomic mass is 79.9. The van der Waals surface area contributed by atoms with Gasteiger partial charge in [-0.3, -0.25) is 0 Å². The fourth-order valence-electron chi connectivity index (χ4n) is 2.40. The normalized spacial score (nSPS) is 12.4. The first kappa shape index (κ1) is 15.6. The Labute approximate surface area is 134 Å². The summed E-state index contributed by atoms with van der Waals surface area (Å²) in [5.74, 6) is 0. The SMILES string of the molecule is CCCc1ccc(C(NC)c2ccc(Br)cc2Cl)cc1. The zero-order chi connectivity index (χ0) is 14.5. The summed E-state index contributed by atoms with van der Waals surface area (Å²) < 4.78 is 0.999. The molecule has 0 aliphatic rings. The van der Waals surface area contributed by atoms with E-state index in [1.165, 1.54) is 17.5 Å². The Morgan fingerprint density at radius 2 is 1.85 bits per heavy atom. The van der Waals surface area contributed by atoms with Crippen molar-refractivity contribution in [2.24, 2.45) is 0 Å². The molecule has 0 saturated carbocycles. The standard InChI is InChI=1S/C17H19BrClN/c1-3-4-12-5-7-13(8-6-12)17(20-2)15-10-9-14(18)11-16(15)19/h5-11,17,20H,3-4H2,1-2H3. The second-order valence-electron chi connectivity index (χ2n) is 4.88. The molecule has 0 saturated heterocycles. The van der Waals surface area contributed by atoms with E-state index in [-0.39, 0.29) is 6.04 Å². The number of benzene rings is 2. The molecule has 0 aliphatic heterocycles. The maximum Gasteiger partial charge on any atom is 0.0589 e. The van der Waals surface area contributed by atoms with Gasteiger partial charge in [-0.25, -0.2) is 0 Å². The van der Waals surface area contributed by atoms with Gasteiger partial charge in [-0.2, -0.15) is 0 Å². The Bertz CT molecular complexity index is 566. The summed E-state index contributed by atoms with van der Waals surface area (Å²) >= 11 is 9.81. The van der Waals surface area contributed by atoms with Crippen molar-refractivity contribution in [3.63, 3.8) is 0 Å². The molecule has 0 heterocycles. The largest absolute Gasteiger partial charge is 0.309 e. The molecule has 0 fully saturated rings. The van der Waals surface area contributed by atoms with Gasteiger partial charge in [-0.15, -0.1) is 0 Å². The summed E-state index contributed by atoms with van der Waals surface area (Å²) in [5, 5.41) is 4.12. The van der Waals surface area contributed by atoms with Crippen LogP contribution in [0.5, 0.6) is 0 Å². The number of nitrogens with one attached hydrogen (secondary N) is 1. The third-order valence-electron chi connectivity index (χ3n) is 3.41. The third kappa shape index (κ3) is 3.63. The Morgan fingerprint density at radius 3 is 2.40 bits per heavy atom. The van der Waals surface area contributed by atoms with Crippen molar-refractivity contribution in [3.05, 3.63) is 68.7 Å². The third-order valence-corrected chi connectivity index (χ3v) is 4.23. The second kappa shape index (κ2) is 7.26. The van der Waals surface area contributed by atoms with Crippen LogP contribution in [0.4, 0.5) is 0 Å². The summed E-state index contributed by atoms with van der Waals surface area (Å²) in [6.07, 6.45) is 2.30. The predicted octanol–water partition coefficient (Wildman–Crippen LogP) is 5.36. The average Bonchev–Trinajstić information content (AvgIpc) is 2.44. The molecule has 2 aromatic carbocycles. The van der Waals surface area contributed by atoms with E-state index in [0.717, 1.165) is 21.5 Å². The summed E-state index contributed by atoms with van der Waals surface area (Å²) in [6.45, 7) is 2.20. The van der Waals surface area contributed by atoms with Crippen molar-refractivity contribution in [1.82, 2.24) is 5.32 Å². The average molecular weight is 353 g/mol. The molecular weight excluding hydrogens is 334 g/mol. The molecule has 2 aromatic rings. The minimum Gasteiger partial charge on any atom is -0.309 e. The van der Waals surface area contributed by atoms with Crippen molar-refractivity contribution in [3.8, 4) is 0 Å². The van der Waals surface area contributed by atoms with Gasteiger partial charge in [0.2, 0.25) is 0 Å². The summed E-state index contributed by atoms with van der Waals surface area (Å²) in [5.41, 5.74) is 3.71. The lowest BCUT2D eigenvalue weighted by molar-refractivity contribution is 0.691. The predicted molar refractivity (Wildman–Crippen MR) is 90.5 cm³/mol. The highest BCUT2D eigenvalue weighted by Gasteiger charge is 2.15. The quantitative estimate of drug-likeness (QED) is 0.763. The summed E-state index contributed by atoms with van der Waals surface area (Å²) in [7, 11) is 1.96. The number of rotatable bonds is 5. The van der Waals surface area contributed by atoms with E-state index < -0.39 is 0 Å². The highest BCUT2D eigenvalue weighted by molar-refractivity contribution is 9.10. The van der Waals surface area contributed by atoms with E-state index in [1.54, 1.807) is 0 Å². The Hall–Kier alpha value is -0.830. The molecule has 1 atom stereocenters. The summed E-state index contributed by atoms with van der Waals surface area (Å²) in [4.78, 5) is 0. The van der Waals surface area contributed by atoms with Crippen molar-refractivity contribution >= 4 is 27.5 Å². The molecule has 0 radical (unpaired) electrons. The van der Waals surface area contributed by atoms with E-state index in [2.05, 4.69) is 58.5 Å². The van der Waals surface area contributed by atoms with Crippen molar-refractivity contribution in [2.75, 3.05) is 7.05 Å². The maximum absolute atomic E-state index is 6.36. The topological polar surface area (TPSA) is 12.0 Å². The molecule has 0 amide bonds. The first-order chi connectivity index (χ1) is 9.65. The lowest BCUT2D eigenvalue weighted by Gasteiger charge is -2.19. The molecule has 0 aliphatic carbocycles. The first-order valence-electron chi connectivity index (χ1n) is 6.86. The van der Waals surface area contributed by atoms with Crippen LogP contribution in [0, 0.1) is 0 Å². The zero-order valence-corrected chi connectivity index (χ0v) is 14.1. The van der Waals surface area contributed by atoms with Crippen LogP contribution in [0.25, 0.3) is 0 Å². The molecule has 1 unspecified atom stereocenters. The molecule has 3 heteroatoms. The van der Waals surface area contributed by atoms with Gasteiger partial charge in [0, 0.05) is 9.50 Å². The molecular formula is C17H19BrClN. The second-order valence-corrected chi connectivity index (χ2v) is 6.20. The number of halogens is 2. The zero-order valence-electron chi connectivity index (χ0n) is 11.8. The van der Waals surface area contributed by atoms with E-state index in [1.807, 2.05) is 19.2 Å². The fraction of sp³-hybridized carbons (Fsp3) is 0.294. The van der Waals surface area contributed by atoms with Gasteiger partial charge >= 0.3 is 0 Å². The van der Waals surface area contributed by atoms with Gasteiger partial charge in [0.05, 0.1) is 6.04 Å². The maximum atomic E-state index is 6.36. The molecule has 0 aromatic heterocycles. The van der Waals surface area contributed by atoms with Gasteiger partial charge in [0.15, 0.2) is 0 Å². The minimum absolute atomic E-state index is 0.117. The lowest BCUT2D eigenvalue weighted by atomic mass is 9.97. The van der Waals surface area contributed by atoms with Crippen LogP contribution < -0.4 is 5.32 Å². The van der Waals surface area contributed by atoms with Gasteiger partial charge in [-0.05, 0) is 42.3 Å². The van der Waals surface area contributed by atoms with E-state index in [0.29, 0.717) is 0 Å². The molecule has 0 bridgehead atoms. The van der Waals surface area contributed by atoms with Crippen molar-refractivity contribution < 1.29 is 0 Å². The van der Waals surface area contributed by atoms with Crippen LogP contribution in [0.2, 0.25) is 5.02 Å². The molecule has 0 spiro atoms. The van der Waals surface area contributed by atoms with E-state index in [4.69, 9.17) is 11.6 Å². The van der Waals surface area contributed by atoms with Crippen molar-refractivity contribution in [2.45, 2.75) is 25.8 Å². The van der Waals surface area contributed by atoms with Gasteiger partial charge in [-0.1, -0.05) is 71.2 Å². The van der Waals surface area contributed by atoms with Crippen LogP contribution in [-0.4, -0.2) is 7.05 Å². The molecule has 20 heavy (non-hydrogen) atoms. The van der Waals surface area contributed by atoms with Gasteiger partial charge in [0.25, 0.3) is 0 Å². The van der Waals surface area contributed by atoms with Crippen LogP contribution in [0.3, 0.4) is 0 Å². The lowest BCUT2D eigenvalue weighted by Crippen LogP contribution is -2.18. The first-order valence-corrected chi connectivity index (χ1v) is 8.04. The van der Waals surface area contributed by atoms with Crippen molar-refractivity contribution in [1.29, 1.82) is 0 Å². The van der Waals surface area contributed by atoms with E-state index >= 15 is 0 Å².